The van der Waals surface area contributed by atoms with E-state index in [1.54, 1.807) is 0 Å². The number of hydrogen-bond donors (Lipinski definition) is 0. The molecule has 0 atom stereocenters. The number of hydrogen-bond acceptors (Lipinski definition) is 2. The molecule has 2 aromatic heterocycles. The van der Waals surface area contributed by atoms with Gasteiger partial charge >= 0.3 is 6.85 Å². The number of benzene rings is 6. The zero-order chi connectivity index (χ0) is 39.7. The lowest BCUT2D eigenvalue weighted by Crippen LogP contribution is -2.43. The lowest BCUT2D eigenvalue weighted by atomic mass is 9.47. The molecule has 1 aliphatic carbocycles. The molecule has 0 N–H and O–H groups in total. The van der Waals surface area contributed by atoms with Gasteiger partial charge in [-0.05, 0) is 110 Å². The van der Waals surface area contributed by atoms with Crippen LogP contribution in [0.5, 0.6) is 0 Å². The SMILES string of the molecule is C=Cc1ccccc1-c1ccc(N2c3cc4c(cc32)C(C)(C)CCC4(C)C)c(B2C(=C)/C=C\c3ccccc3Cc3cccc4c5sc6ccccc6c5n2c34)c1C. The van der Waals surface area contributed by atoms with E-state index in [9.17, 15) is 0 Å². The Morgan fingerprint density at radius 2 is 1.34 bits per heavy atom. The van der Waals surface area contributed by atoms with E-state index in [2.05, 4.69) is 178 Å². The van der Waals surface area contributed by atoms with E-state index in [4.69, 9.17) is 6.58 Å². The van der Waals surface area contributed by atoms with Crippen LogP contribution in [-0.2, 0) is 17.3 Å². The molecule has 2 nitrogen and oxygen atoms in total. The first-order valence-corrected chi connectivity index (χ1v) is 21.6. The molecule has 0 radical (unpaired) electrons. The Balaban J connectivity index is 1.26. The summed E-state index contributed by atoms with van der Waals surface area (Å²) in [5.74, 6) is 0. The van der Waals surface area contributed by atoms with Gasteiger partial charge in [0, 0.05) is 33.1 Å². The predicted molar refractivity (Wildman–Crippen MR) is 253 cm³/mol. The highest BCUT2D eigenvalue weighted by Gasteiger charge is 2.44. The summed E-state index contributed by atoms with van der Waals surface area (Å²) in [7, 11) is 0. The van der Waals surface area contributed by atoms with Crippen LogP contribution in [0.3, 0.4) is 0 Å². The van der Waals surface area contributed by atoms with Crippen LogP contribution in [0.15, 0.2) is 140 Å². The van der Waals surface area contributed by atoms with E-state index in [1.165, 1.54) is 111 Å². The minimum atomic E-state index is -0.203. The Hall–Kier alpha value is -5.84. The Morgan fingerprint density at radius 1 is 0.672 bits per heavy atom. The molecule has 0 amide bonds. The number of rotatable bonds is 4. The van der Waals surface area contributed by atoms with Gasteiger partial charge in [-0.2, -0.15) is 0 Å². The summed E-state index contributed by atoms with van der Waals surface area (Å²) in [6.07, 6.45) is 9.83. The summed E-state index contributed by atoms with van der Waals surface area (Å²) < 4.78 is 5.34. The molecule has 3 aliphatic rings. The third kappa shape index (κ3) is 5.10. The molecule has 58 heavy (non-hydrogen) atoms. The van der Waals surface area contributed by atoms with Crippen molar-refractivity contribution in [3.05, 3.63) is 179 Å². The second-order valence-corrected chi connectivity index (χ2v) is 19.1. The molecule has 0 saturated heterocycles. The summed E-state index contributed by atoms with van der Waals surface area (Å²) in [4.78, 5) is 2.55. The van der Waals surface area contributed by atoms with Crippen LogP contribution in [0, 0.1) is 6.92 Å². The zero-order valence-corrected chi connectivity index (χ0v) is 34.9. The standard InChI is InChI=1S/C54H47BN2S/c1-8-35-16-11-12-20-40(35)39-26-27-45(56-46-31-43-44(32-47(46)56)54(6,7)29-28-53(43,4)5)49(34(39)3)55-33(2)24-25-36-17-9-10-18-37(36)30-38-19-15-22-42-50(38)57(55)51-41-21-13-14-23-48(41)58-52(42)51/h8-27,31-32H,1-2,28-30H2,3-7H3/b25-24-. The van der Waals surface area contributed by atoms with E-state index in [1.807, 2.05) is 17.4 Å². The highest BCUT2D eigenvalue weighted by molar-refractivity contribution is 7.26. The lowest BCUT2D eigenvalue weighted by Gasteiger charge is -2.41. The van der Waals surface area contributed by atoms with Gasteiger partial charge in [0.05, 0.1) is 21.6 Å². The monoisotopic (exact) mass is 766 g/mol. The number of thiophene rings is 1. The van der Waals surface area contributed by atoms with Crippen molar-refractivity contribution in [2.75, 3.05) is 4.90 Å². The summed E-state index contributed by atoms with van der Waals surface area (Å²) in [6.45, 7) is 21.2. The van der Waals surface area contributed by atoms with E-state index in [-0.39, 0.29) is 17.7 Å². The fourth-order valence-electron chi connectivity index (χ4n) is 10.5. The van der Waals surface area contributed by atoms with Gasteiger partial charge in [0.25, 0.3) is 0 Å². The minimum absolute atomic E-state index is 0.128. The van der Waals surface area contributed by atoms with Gasteiger partial charge in [0.1, 0.15) is 0 Å². The van der Waals surface area contributed by atoms with Gasteiger partial charge in [0.15, 0.2) is 0 Å². The van der Waals surface area contributed by atoms with Crippen molar-refractivity contribution in [2.24, 2.45) is 0 Å². The molecular weight excluding hydrogens is 719 g/mol. The quantitative estimate of drug-likeness (QED) is 0.128. The fraction of sp³-hybridized carbons (Fsp3) is 0.185. The maximum absolute atomic E-state index is 5.04. The van der Waals surface area contributed by atoms with Crippen molar-refractivity contribution >= 4 is 84.1 Å². The summed E-state index contributed by atoms with van der Waals surface area (Å²) >= 11 is 1.92. The highest BCUT2D eigenvalue weighted by Crippen LogP contribution is 2.59. The minimum Gasteiger partial charge on any atom is -0.374 e. The van der Waals surface area contributed by atoms with Crippen LogP contribution in [0.1, 0.15) is 79.5 Å². The average Bonchev–Trinajstić information content (AvgIpc) is 3.67. The van der Waals surface area contributed by atoms with Gasteiger partial charge in [-0.15, -0.1) is 17.9 Å². The van der Waals surface area contributed by atoms with E-state index >= 15 is 0 Å². The number of aromatic nitrogens is 1. The molecule has 0 saturated carbocycles. The molecule has 8 aromatic rings. The third-order valence-electron chi connectivity index (χ3n) is 13.8. The van der Waals surface area contributed by atoms with Gasteiger partial charge in [-0.1, -0.05) is 149 Å². The summed E-state index contributed by atoms with van der Waals surface area (Å²) in [5, 5.41) is 2.61. The maximum Gasteiger partial charge on any atom is 0.330 e. The van der Waals surface area contributed by atoms with E-state index in [0.717, 1.165) is 17.5 Å². The molecule has 2 aliphatic heterocycles. The van der Waals surface area contributed by atoms with E-state index < -0.39 is 0 Å². The van der Waals surface area contributed by atoms with Crippen LogP contribution >= 0.6 is 11.3 Å². The second-order valence-electron chi connectivity index (χ2n) is 18.1. The largest absolute Gasteiger partial charge is 0.374 e. The molecule has 4 heterocycles. The number of allylic oxidation sites excluding steroid dienone is 2. The molecule has 0 spiro atoms. The lowest BCUT2D eigenvalue weighted by molar-refractivity contribution is 0.332. The molecular formula is C54H47BN2S. The van der Waals surface area contributed by atoms with Gasteiger partial charge in [-0.25, -0.2) is 0 Å². The smallest absolute Gasteiger partial charge is 0.330 e. The van der Waals surface area contributed by atoms with Gasteiger partial charge in [-0.3, -0.25) is 0 Å². The Morgan fingerprint density at radius 3 is 2.12 bits per heavy atom. The molecule has 0 unspecified atom stereocenters. The molecule has 11 rings (SSSR count). The van der Waals surface area contributed by atoms with Crippen molar-refractivity contribution in [3.8, 4) is 11.1 Å². The number of para-hydroxylation sites is 1. The molecule has 4 heteroatoms. The molecule has 0 bridgehead atoms. The number of nitrogens with zero attached hydrogens (tertiary/aromatic N) is 2. The number of anilines is 3. The first-order valence-electron chi connectivity index (χ1n) is 20.8. The Labute approximate surface area is 346 Å². The topological polar surface area (TPSA) is 7.94 Å². The van der Waals surface area contributed by atoms with Crippen LogP contribution in [-0.4, -0.2) is 11.3 Å². The Bertz CT molecular complexity index is 3070. The second kappa shape index (κ2) is 12.6. The van der Waals surface area contributed by atoms with Crippen molar-refractivity contribution in [3.63, 3.8) is 0 Å². The van der Waals surface area contributed by atoms with E-state index in [0.29, 0.717) is 0 Å². The summed E-state index contributed by atoms with van der Waals surface area (Å²) in [5.41, 5.74) is 20.8. The predicted octanol–water partition coefficient (Wildman–Crippen LogP) is 14.2. The highest BCUT2D eigenvalue weighted by atomic mass is 32.1. The van der Waals surface area contributed by atoms with Crippen LogP contribution in [0.2, 0.25) is 0 Å². The Kier molecular flexibility index (Phi) is 7.67. The van der Waals surface area contributed by atoms with Crippen LogP contribution in [0.4, 0.5) is 17.1 Å². The summed E-state index contributed by atoms with van der Waals surface area (Å²) in [6, 6.07) is 43.3. The fourth-order valence-corrected chi connectivity index (χ4v) is 11.7. The first kappa shape index (κ1) is 35.3. The number of fused-ring (bicyclic) bond motifs is 8. The van der Waals surface area contributed by atoms with Crippen molar-refractivity contribution in [1.82, 2.24) is 4.48 Å². The zero-order valence-electron chi connectivity index (χ0n) is 34.1. The molecule has 6 aromatic carbocycles. The third-order valence-corrected chi connectivity index (χ3v) is 15.0. The van der Waals surface area contributed by atoms with Gasteiger partial charge in [0.2, 0.25) is 0 Å². The molecule has 0 fully saturated rings. The normalized spacial score (nSPS) is 16.9. The van der Waals surface area contributed by atoms with Crippen molar-refractivity contribution < 1.29 is 0 Å². The van der Waals surface area contributed by atoms with Gasteiger partial charge < -0.3 is 9.38 Å². The first-order chi connectivity index (χ1) is 28.1. The van der Waals surface area contributed by atoms with Crippen LogP contribution in [0.25, 0.3) is 54.5 Å². The van der Waals surface area contributed by atoms with Crippen LogP contribution < -0.4 is 10.4 Å². The maximum atomic E-state index is 5.04. The molecule has 282 valence electrons. The van der Waals surface area contributed by atoms with Crippen molar-refractivity contribution in [1.29, 1.82) is 0 Å². The average molecular weight is 767 g/mol. The van der Waals surface area contributed by atoms with Crippen molar-refractivity contribution in [2.45, 2.75) is 64.7 Å².